The van der Waals surface area contributed by atoms with E-state index < -0.39 is 24.1 Å². The summed E-state index contributed by atoms with van der Waals surface area (Å²) in [5.41, 5.74) is 0. The Morgan fingerprint density at radius 2 is 1.89 bits per heavy atom. The van der Waals surface area contributed by atoms with E-state index >= 15 is 0 Å². The van der Waals surface area contributed by atoms with Crippen molar-refractivity contribution in [3.63, 3.8) is 0 Å². The van der Waals surface area contributed by atoms with E-state index in [9.17, 15) is 9.59 Å². The van der Waals surface area contributed by atoms with Crippen LogP contribution in [-0.4, -0.2) is 29.4 Å². The van der Waals surface area contributed by atoms with E-state index in [1.807, 2.05) is 6.92 Å². The van der Waals surface area contributed by atoms with Crippen molar-refractivity contribution < 1.29 is 24.2 Å². The van der Waals surface area contributed by atoms with Crippen LogP contribution in [0.2, 0.25) is 0 Å². The molecule has 0 saturated heterocycles. The van der Waals surface area contributed by atoms with Crippen LogP contribution in [0.25, 0.3) is 0 Å². The average Bonchev–Trinajstić information content (AvgIpc) is 2.37. The fraction of sp³-hybridized carbons (Fsp3) is 0.846. The zero-order valence-electron chi connectivity index (χ0n) is 11.1. The van der Waals surface area contributed by atoms with Gasteiger partial charge in [0.2, 0.25) is 6.29 Å². The Labute approximate surface area is 107 Å². The molecular weight excluding hydrogens is 236 g/mol. The number of rotatable bonds is 6. The minimum absolute atomic E-state index is 0.136. The predicted molar refractivity (Wildman–Crippen MR) is 64.9 cm³/mol. The molecule has 5 heteroatoms. The molecule has 0 heterocycles. The summed E-state index contributed by atoms with van der Waals surface area (Å²) < 4.78 is 10.8. The SMILES string of the molecule is CCC(OC(=O)C(C)C(=O)O)OC1CCCCC1. The predicted octanol–water partition coefficient (Wildman–Crippen LogP) is 2.34. The molecule has 0 aromatic rings. The van der Waals surface area contributed by atoms with Crippen molar-refractivity contribution in [3.05, 3.63) is 0 Å². The highest BCUT2D eigenvalue weighted by Crippen LogP contribution is 2.22. The van der Waals surface area contributed by atoms with Crippen LogP contribution < -0.4 is 0 Å². The maximum Gasteiger partial charge on any atom is 0.322 e. The van der Waals surface area contributed by atoms with Crippen molar-refractivity contribution in [2.75, 3.05) is 0 Å². The molecule has 1 aliphatic carbocycles. The lowest BCUT2D eigenvalue weighted by atomic mass is 9.98. The van der Waals surface area contributed by atoms with E-state index in [-0.39, 0.29) is 6.10 Å². The number of carbonyl (C=O) groups excluding carboxylic acids is 1. The Kier molecular flexibility index (Phi) is 6.12. The van der Waals surface area contributed by atoms with Crippen molar-refractivity contribution in [1.29, 1.82) is 0 Å². The molecule has 0 aromatic heterocycles. The maximum absolute atomic E-state index is 11.5. The van der Waals surface area contributed by atoms with Gasteiger partial charge in [0.1, 0.15) is 0 Å². The number of carbonyl (C=O) groups is 2. The normalized spacial score (nSPS) is 20.1. The van der Waals surface area contributed by atoms with Crippen molar-refractivity contribution in [2.24, 2.45) is 5.92 Å². The zero-order valence-corrected chi connectivity index (χ0v) is 11.1. The third-order valence-electron chi connectivity index (χ3n) is 3.20. The number of hydrogen-bond acceptors (Lipinski definition) is 4. The Balaban J connectivity index is 2.40. The monoisotopic (exact) mass is 258 g/mol. The zero-order chi connectivity index (χ0) is 13.5. The van der Waals surface area contributed by atoms with Crippen molar-refractivity contribution in [3.8, 4) is 0 Å². The van der Waals surface area contributed by atoms with E-state index in [1.165, 1.54) is 13.3 Å². The molecule has 0 aromatic carbocycles. The van der Waals surface area contributed by atoms with Crippen molar-refractivity contribution in [2.45, 2.75) is 64.8 Å². The number of hydrogen-bond donors (Lipinski definition) is 1. The third kappa shape index (κ3) is 4.64. The van der Waals surface area contributed by atoms with Gasteiger partial charge in [-0.25, -0.2) is 0 Å². The first-order chi connectivity index (χ1) is 8.54. The summed E-state index contributed by atoms with van der Waals surface area (Å²) in [6.07, 6.45) is 5.53. The lowest BCUT2D eigenvalue weighted by molar-refractivity contribution is -0.198. The molecule has 0 radical (unpaired) electrons. The Morgan fingerprint density at radius 3 is 2.39 bits per heavy atom. The molecule has 2 unspecified atom stereocenters. The van der Waals surface area contributed by atoms with Gasteiger partial charge >= 0.3 is 11.9 Å². The van der Waals surface area contributed by atoms with Gasteiger partial charge in [-0.2, -0.15) is 0 Å². The van der Waals surface area contributed by atoms with Gasteiger partial charge in [-0.3, -0.25) is 9.59 Å². The highest BCUT2D eigenvalue weighted by atomic mass is 16.7. The molecule has 0 bridgehead atoms. The van der Waals surface area contributed by atoms with E-state index in [4.69, 9.17) is 14.6 Å². The van der Waals surface area contributed by atoms with Gasteiger partial charge in [0.25, 0.3) is 0 Å². The first kappa shape index (κ1) is 15.0. The molecule has 0 aliphatic heterocycles. The van der Waals surface area contributed by atoms with E-state index in [0.29, 0.717) is 6.42 Å². The van der Waals surface area contributed by atoms with Gasteiger partial charge in [0.05, 0.1) is 6.10 Å². The topological polar surface area (TPSA) is 72.8 Å². The molecule has 104 valence electrons. The number of esters is 1. The van der Waals surface area contributed by atoms with Crippen LogP contribution in [-0.2, 0) is 19.1 Å². The van der Waals surface area contributed by atoms with Crippen LogP contribution in [0.3, 0.4) is 0 Å². The van der Waals surface area contributed by atoms with Crippen molar-refractivity contribution in [1.82, 2.24) is 0 Å². The molecule has 0 amide bonds. The van der Waals surface area contributed by atoms with Gasteiger partial charge < -0.3 is 14.6 Å². The molecule has 1 aliphatic rings. The third-order valence-corrected chi connectivity index (χ3v) is 3.20. The van der Waals surface area contributed by atoms with Crippen LogP contribution in [0.4, 0.5) is 0 Å². The fourth-order valence-electron chi connectivity index (χ4n) is 1.96. The van der Waals surface area contributed by atoms with Gasteiger partial charge in [-0.1, -0.05) is 26.2 Å². The average molecular weight is 258 g/mol. The smallest absolute Gasteiger partial charge is 0.322 e. The molecule has 0 spiro atoms. The second-order valence-electron chi connectivity index (χ2n) is 4.73. The Hall–Kier alpha value is -1.10. The summed E-state index contributed by atoms with van der Waals surface area (Å²) in [4.78, 5) is 22.2. The minimum atomic E-state index is -1.17. The number of ether oxygens (including phenoxy) is 2. The Bertz CT molecular complexity index is 283. The number of carboxylic acids is 1. The lowest BCUT2D eigenvalue weighted by Crippen LogP contribution is -2.32. The van der Waals surface area contributed by atoms with Gasteiger partial charge in [0.15, 0.2) is 5.92 Å². The first-order valence-corrected chi connectivity index (χ1v) is 6.63. The van der Waals surface area contributed by atoms with Gasteiger partial charge in [-0.15, -0.1) is 0 Å². The van der Waals surface area contributed by atoms with E-state index in [1.54, 1.807) is 0 Å². The summed E-state index contributed by atoms with van der Waals surface area (Å²) in [6, 6.07) is 0. The quantitative estimate of drug-likeness (QED) is 0.449. The summed E-state index contributed by atoms with van der Waals surface area (Å²) in [5, 5.41) is 8.72. The van der Waals surface area contributed by atoms with E-state index in [2.05, 4.69) is 0 Å². The van der Waals surface area contributed by atoms with Crippen LogP contribution in [0.15, 0.2) is 0 Å². The standard InChI is InChI=1S/C13H22O5/c1-3-11(17-10-7-5-4-6-8-10)18-13(16)9(2)12(14)15/h9-11H,3-8H2,1-2H3,(H,14,15). The van der Waals surface area contributed by atoms with Crippen LogP contribution in [0.5, 0.6) is 0 Å². The Morgan fingerprint density at radius 1 is 1.28 bits per heavy atom. The fourth-order valence-corrected chi connectivity index (χ4v) is 1.96. The van der Waals surface area contributed by atoms with Gasteiger partial charge in [0, 0.05) is 6.42 Å². The van der Waals surface area contributed by atoms with Crippen LogP contribution >= 0.6 is 0 Å². The second kappa shape index (κ2) is 7.36. The molecule has 1 rings (SSSR count). The summed E-state index contributed by atoms with van der Waals surface area (Å²) in [5.74, 6) is -3.05. The van der Waals surface area contributed by atoms with Gasteiger partial charge in [-0.05, 0) is 19.8 Å². The second-order valence-corrected chi connectivity index (χ2v) is 4.73. The molecular formula is C13H22O5. The molecule has 1 fully saturated rings. The first-order valence-electron chi connectivity index (χ1n) is 6.63. The largest absolute Gasteiger partial charge is 0.481 e. The summed E-state index contributed by atoms with van der Waals surface area (Å²) in [6.45, 7) is 3.17. The maximum atomic E-state index is 11.5. The molecule has 2 atom stereocenters. The summed E-state index contributed by atoms with van der Waals surface area (Å²) >= 11 is 0. The van der Waals surface area contributed by atoms with Crippen molar-refractivity contribution >= 4 is 11.9 Å². The highest BCUT2D eigenvalue weighted by Gasteiger charge is 2.26. The number of carboxylic acid groups (broad SMARTS) is 1. The van der Waals surface area contributed by atoms with E-state index in [0.717, 1.165) is 25.7 Å². The summed E-state index contributed by atoms with van der Waals surface area (Å²) in [7, 11) is 0. The van der Waals surface area contributed by atoms with Crippen LogP contribution in [0, 0.1) is 5.92 Å². The van der Waals surface area contributed by atoms with Crippen LogP contribution in [0.1, 0.15) is 52.4 Å². The molecule has 5 nitrogen and oxygen atoms in total. The molecule has 18 heavy (non-hydrogen) atoms. The minimum Gasteiger partial charge on any atom is -0.481 e. The molecule has 1 N–H and O–H groups in total. The molecule has 1 saturated carbocycles. The highest BCUT2D eigenvalue weighted by molar-refractivity contribution is 5.93. The lowest BCUT2D eigenvalue weighted by Gasteiger charge is -2.27. The number of aliphatic carboxylic acids is 1.